The predicted molar refractivity (Wildman–Crippen MR) is 103 cm³/mol. The van der Waals surface area contributed by atoms with Gasteiger partial charge >= 0.3 is 5.97 Å². The highest BCUT2D eigenvalue weighted by Gasteiger charge is 2.13. The number of carbonyl (C=O) groups is 3. The van der Waals surface area contributed by atoms with Gasteiger partial charge < -0.3 is 15.4 Å². The molecule has 2 aromatic carbocycles. The van der Waals surface area contributed by atoms with Gasteiger partial charge in [-0.3, -0.25) is 9.59 Å². The Morgan fingerprint density at radius 1 is 0.963 bits per heavy atom. The molecule has 0 saturated heterocycles. The van der Waals surface area contributed by atoms with Crippen LogP contribution in [0.3, 0.4) is 0 Å². The Morgan fingerprint density at radius 3 is 2.33 bits per heavy atom. The van der Waals surface area contributed by atoms with Gasteiger partial charge in [-0.25, -0.2) is 4.79 Å². The van der Waals surface area contributed by atoms with Gasteiger partial charge in [0.25, 0.3) is 11.8 Å². The van der Waals surface area contributed by atoms with Crippen LogP contribution in [0.5, 0.6) is 0 Å². The molecular formula is C21H22N2O4. The van der Waals surface area contributed by atoms with Crippen LogP contribution in [-0.4, -0.2) is 24.4 Å². The third-order valence-electron chi connectivity index (χ3n) is 3.49. The number of carbonyl (C=O) groups excluding carboxylic acids is 3. The largest absolute Gasteiger partial charge is 0.452 e. The Kier molecular flexibility index (Phi) is 7.31. The second-order valence-corrected chi connectivity index (χ2v) is 6.09. The first-order valence-corrected chi connectivity index (χ1v) is 8.48. The van der Waals surface area contributed by atoms with E-state index in [1.807, 2.05) is 30.3 Å². The molecule has 6 nitrogen and oxygen atoms in total. The number of hydrogen-bond acceptors (Lipinski definition) is 4. The highest BCUT2D eigenvalue weighted by Crippen LogP contribution is 2.15. The number of hydrogen-bond donors (Lipinski definition) is 2. The average molecular weight is 366 g/mol. The van der Waals surface area contributed by atoms with Crippen molar-refractivity contribution in [2.24, 2.45) is 0 Å². The zero-order valence-electron chi connectivity index (χ0n) is 15.3. The Labute approximate surface area is 158 Å². The molecule has 2 N–H and O–H groups in total. The molecule has 2 rings (SSSR count). The van der Waals surface area contributed by atoms with E-state index in [1.54, 1.807) is 38.1 Å². The molecule has 0 saturated carbocycles. The van der Waals surface area contributed by atoms with Crippen LogP contribution in [-0.2, 0) is 20.9 Å². The number of anilines is 1. The molecule has 0 spiro atoms. The second-order valence-electron chi connectivity index (χ2n) is 6.09. The van der Waals surface area contributed by atoms with Gasteiger partial charge in [-0.2, -0.15) is 0 Å². The maximum atomic E-state index is 12.5. The Balaban J connectivity index is 1.96. The van der Waals surface area contributed by atoms with Crippen molar-refractivity contribution >= 4 is 23.5 Å². The van der Waals surface area contributed by atoms with Gasteiger partial charge in [0.1, 0.15) is 0 Å². The Bertz CT molecular complexity index is 840. The lowest BCUT2D eigenvalue weighted by Gasteiger charge is -2.11. The molecule has 0 unspecified atom stereocenters. The van der Waals surface area contributed by atoms with Crippen LogP contribution in [0, 0.1) is 0 Å². The lowest BCUT2D eigenvalue weighted by Crippen LogP contribution is -2.26. The Morgan fingerprint density at radius 2 is 1.63 bits per heavy atom. The zero-order chi connectivity index (χ0) is 19.6. The number of allylic oxidation sites excluding steroid dienone is 1. The van der Waals surface area contributed by atoms with Crippen molar-refractivity contribution in [2.75, 3.05) is 11.9 Å². The molecule has 2 aromatic rings. The van der Waals surface area contributed by atoms with E-state index in [9.17, 15) is 14.4 Å². The van der Waals surface area contributed by atoms with Crippen LogP contribution in [0.2, 0.25) is 0 Å². The minimum atomic E-state index is -0.584. The summed E-state index contributed by atoms with van der Waals surface area (Å²) in [6.07, 6.45) is 1.30. The van der Waals surface area contributed by atoms with E-state index >= 15 is 0 Å². The summed E-state index contributed by atoms with van der Waals surface area (Å²) in [4.78, 5) is 35.9. The number of para-hydroxylation sites is 1. The topological polar surface area (TPSA) is 84.5 Å². The van der Waals surface area contributed by atoms with Crippen LogP contribution in [0.25, 0.3) is 0 Å². The van der Waals surface area contributed by atoms with Crippen molar-refractivity contribution in [3.8, 4) is 0 Å². The summed E-state index contributed by atoms with van der Waals surface area (Å²) in [7, 11) is 0. The van der Waals surface area contributed by atoms with E-state index in [0.29, 0.717) is 17.8 Å². The number of rotatable bonds is 7. The zero-order valence-corrected chi connectivity index (χ0v) is 15.3. The van der Waals surface area contributed by atoms with Crippen LogP contribution >= 0.6 is 0 Å². The third-order valence-corrected chi connectivity index (χ3v) is 3.49. The molecule has 0 atom stereocenters. The summed E-state index contributed by atoms with van der Waals surface area (Å²) < 4.78 is 4.86. The molecule has 0 heterocycles. The van der Waals surface area contributed by atoms with Gasteiger partial charge in [0.05, 0.1) is 11.3 Å². The van der Waals surface area contributed by atoms with Crippen LogP contribution in [0.4, 0.5) is 5.69 Å². The molecule has 0 aliphatic heterocycles. The van der Waals surface area contributed by atoms with E-state index in [4.69, 9.17) is 4.74 Å². The van der Waals surface area contributed by atoms with Crippen molar-refractivity contribution < 1.29 is 19.1 Å². The van der Waals surface area contributed by atoms with Crippen molar-refractivity contribution in [1.29, 1.82) is 0 Å². The summed E-state index contributed by atoms with van der Waals surface area (Å²) >= 11 is 0. The van der Waals surface area contributed by atoms with E-state index < -0.39 is 18.5 Å². The van der Waals surface area contributed by atoms with Gasteiger partial charge in [-0.05, 0) is 31.5 Å². The fourth-order valence-electron chi connectivity index (χ4n) is 2.26. The van der Waals surface area contributed by atoms with E-state index in [2.05, 4.69) is 10.6 Å². The van der Waals surface area contributed by atoms with Gasteiger partial charge in [0.2, 0.25) is 0 Å². The monoisotopic (exact) mass is 366 g/mol. The summed E-state index contributed by atoms with van der Waals surface area (Å²) in [5, 5.41) is 5.42. The highest BCUT2D eigenvalue weighted by atomic mass is 16.5. The minimum Gasteiger partial charge on any atom is -0.452 e. The van der Waals surface area contributed by atoms with Gasteiger partial charge in [0, 0.05) is 12.6 Å². The summed E-state index contributed by atoms with van der Waals surface area (Å²) in [5.41, 5.74) is 2.43. The molecule has 0 bridgehead atoms. The molecule has 0 aromatic heterocycles. The van der Waals surface area contributed by atoms with Crippen molar-refractivity contribution in [2.45, 2.75) is 20.4 Å². The van der Waals surface area contributed by atoms with Crippen molar-refractivity contribution in [1.82, 2.24) is 5.32 Å². The summed E-state index contributed by atoms with van der Waals surface area (Å²) in [6, 6.07) is 16.2. The van der Waals surface area contributed by atoms with Crippen molar-refractivity contribution in [3.63, 3.8) is 0 Å². The smallest absolute Gasteiger partial charge is 0.331 e. The molecule has 0 fully saturated rings. The molecular weight excluding hydrogens is 344 g/mol. The Hall–Kier alpha value is -3.41. The predicted octanol–water partition coefficient (Wildman–Crippen LogP) is 3.06. The molecule has 2 amide bonds. The lowest BCUT2D eigenvalue weighted by molar-refractivity contribution is -0.142. The maximum absolute atomic E-state index is 12.5. The van der Waals surface area contributed by atoms with E-state index in [1.165, 1.54) is 6.08 Å². The molecule has 0 aliphatic rings. The molecule has 0 aliphatic carbocycles. The number of esters is 1. The average Bonchev–Trinajstić information content (AvgIpc) is 2.65. The first-order valence-electron chi connectivity index (χ1n) is 8.48. The fourth-order valence-corrected chi connectivity index (χ4v) is 2.26. The van der Waals surface area contributed by atoms with Crippen molar-refractivity contribution in [3.05, 3.63) is 77.4 Å². The molecule has 27 heavy (non-hydrogen) atoms. The third kappa shape index (κ3) is 6.78. The standard InChI is InChI=1S/C21H22N2O4/c1-15(2)12-20(25)27-14-19(24)23-18-11-7-6-10-17(18)21(26)22-13-16-8-4-3-5-9-16/h3-12H,13-14H2,1-2H3,(H,22,26)(H,23,24). The second kappa shape index (κ2) is 9.91. The van der Waals surface area contributed by atoms with Crippen LogP contribution in [0.15, 0.2) is 66.2 Å². The van der Waals surface area contributed by atoms with Crippen LogP contribution in [0.1, 0.15) is 29.8 Å². The number of nitrogens with one attached hydrogen (secondary N) is 2. The number of ether oxygens (including phenoxy) is 1. The van der Waals surface area contributed by atoms with Gasteiger partial charge in [-0.15, -0.1) is 0 Å². The minimum absolute atomic E-state index is 0.309. The van der Waals surface area contributed by atoms with E-state index in [-0.39, 0.29) is 5.91 Å². The first-order chi connectivity index (χ1) is 13.0. The maximum Gasteiger partial charge on any atom is 0.331 e. The normalized spacial score (nSPS) is 9.85. The van der Waals surface area contributed by atoms with Gasteiger partial charge in [0.15, 0.2) is 6.61 Å². The molecule has 6 heteroatoms. The number of benzene rings is 2. The SMILES string of the molecule is CC(C)=CC(=O)OCC(=O)Nc1ccccc1C(=O)NCc1ccccc1. The first kappa shape index (κ1) is 19.9. The quantitative estimate of drug-likeness (QED) is 0.583. The lowest BCUT2D eigenvalue weighted by atomic mass is 10.1. The van der Waals surface area contributed by atoms with E-state index in [0.717, 1.165) is 11.1 Å². The molecule has 140 valence electrons. The highest BCUT2D eigenvalue weighted by molar-refractivity contribution is 6.04. The van der Waals surface area contributed by atoms with Crippen LogP contribution < -0.4 is 10.6 Å². The van der Waals surface area contributed by atoms with Gasteiger partial charge in [-0.1, -0.05) is 48.0 Å². The number of amides is 2. The fraction of sp³-hybridized carbons (Fsp3) is 0.190. The molecule has 0 radical (unpaired) electrons. The summed E-state index contributed by atoms with van der Waals surface area (Å²) in [6.45, 7) is 3.46. The summed E-state index contributed by atoms with van der Waals surface area (Å²) in [5.74, 6) is -1.41.